The van der Waals surface area contributed by atoms with E-state index in [-0.39, 0.29) is 6.61 Å². The van der Waals surface area contributed by atoms with Gasteiger partial charge in [-0.05, 0) is 49.1 Å². The third-order valence-electron chi connectivity index (χ3n) is 15.6. The molecule has 76 heavy (non-hydrogen) atoms. The molecule has 0 spiro atoms. The summed E-state index contributed by atoms with van der Waals surface area (Å²) in [6.07, 6.45) is 66.0. The maximum Gasteiger partial charge on any atom is 0.203 e. The maximum absolute atomic E-state index is 9.39. The summed E-state index contributed by atoms with van der Waals surface area (Å²) in [5.41, 5.74) is 1.61. The van der Waals surface area contributed by atoms with Crippen LogP contribution in [-0.4, -0.2) is 38.4 Å². The molecule has 0 atom stereocenters. The van der Waals surface area contributed by atoms with E-state index in [4.69, 9.17) is 23.7 Å². The Labute approximate surface area is 471 Å². The van der Waals surface area contributed by atoms with Crippen LogP contribution in [0.3, 0.4) is 0 Å². The molecule has 0 fully saturated rings. The third kappa shape index (κ3) is 40.1. The summed E-state index contributed by atoms with van der Waals surface area (Å²) in [4.78, 5) is 0. The van der Waals surface area contributed by atoms with E-state index in [1.807, 2.05) is 18.2 Å². The monoisotopic (exact) mass is 1060 g/mol. The van der Waals surface area contributed by atoms with Gasteiger partial charge in [0.1, 0.15) is 18.1 Å². The van der Waals surface area contributed by atoms with Crippen LogP contribution in [0, 0.1) is 0 Å². The lowest BCUT2D eigenvalue weighted by molar-refractivity contribution is 0.232. The molecule has 0 aliphatic rings. The molecular formula is C69H123NO6. The van der Waals surface area contributed by atoms with Gasteiger partial charge >= 0.3 is 0 Å². The molecule has 0 heterocycles. The first-order chi connectivity index (χ1) is 37.7. The fourth-order valence-electron chi connectivity index (χ4n) is 10.7. The average Bonchev–Trinajstić information content (AvgIpc) is 3.43. The molecule has 1 N–H and O–H groups in total. The second kappa shape index (κ2) is 53.9. The lowest BCUT2D eigenvalue weighted by Crippen LogP contribution is -2.08. The van der Waals surface area contributed by atoms with Gasteiger partial charge in [0.15, 0.2) is 11.5 Å². The van der Waals surface area contributed by atoms with Crippen LogP contribution in [0.25, 0.3) is 0 Å². The summed E-state index contributed by atoms with van der Waals surface area (Å²) in [6.45, 7) is 9.11. The molecule has 0 aliphatic heterocycles. The predicted octanol–water partition coefficient (Wildman–Crippen LogP) is 23.0. The summed E-state index contributed by atoms with van der Waals surface area (Å²) in [7, 11) is 1.64. The Balaban J connectivity index is 1.97. The number of oxime groups is 1. The second-order valence-corrected chi connectivity index (χ2v) is 22.8. The molecule has 0 aliphatic carbocycles. The first-order valence-electron chi connectivity index (χ1n) is 33.2. The minimum absolute atomic E-state index is 0.281. The van der Waals surface area contributed by atoms with E-state index in [1.165, 1.54) is 295 Å². The Morgan fingerprint density at radius 2 is 0.632 bits per heavy atom. The van der Waals surface area contributed by atoms with Crippen LogP contribution in [-0.2, 0) is 6.61 Å². The van der Waals surface area contributed by atoms with Crippen molar-refractivity contribution in [3.05, 3.63) is 41.5 Å². The van der Waals surface area contributed by atoms with Crippen LogP contribution in [0.5, 0.6) is 28.7 Å². The molecule has 7 heteroatoms. The van der Waals surface area contributed by atoms with Crippen molar-refractivity contribution in [2.45, 2.75) is 336 Å². The van der Waals surface area contributed by atoms with Gasteiger partial charge in [0.05, 0.1) is 33.1 Å². The van der Waals surface area contributed by atoms with Crippen molar-refractivity contribution in [2.24, 2.45) is 5.16 Å². The number of methoxy groups -OCH3 is 1. The van der Waals surface area contributed by atoms with Crippen molar-refractivity contribution < 1.29 is 28.9 Å². The first kappa shape index (κ1) is 69.0. The van der Waals surface area contributed by atoms with Gasteiger partial charge in [-0.1, -0.05) is 315 Å². The standard InChI is InChI=1S/C69H123NO6/c1-5-8-11-14-17-20-23-26-29-32-35-38-41-44-47-50-55-73-67-58-63(62-76-66-60-65(72-4)54-53-64(66)61-70-71)59-68(74-56-51-48-45-42-39-36-33-30-27-24-21-18-15-12-9-6-2)69(67)75-57-52-49-46-43-40-37-34-31-28-25-22-19-16-13-10-7-3/h53-54,58-61,71H,5-52,55-57,62H2,1-4H3/b70-61+. The zero-order chi connectivity index (χ0) is 54.3. The van der Waals surface area contributed by atoms with E-state index in [1.54, 1.807) is 7.11 Å². The molecule has 0 radical (unpaired) electrons. The van der Waals surface area contributed by atoms with Crippen molar-refractivity contribution in [2.75, 3.05) is 26.9 Å². The summed E-state index contributed by atoms with van der Waals surface area (Å²) < 4.78 is 32.0. The van der Waals surface area contributed by atoms with Gasteiger partial charge in [-0.25, -0.2) is 0 Å². The van der Waals surface area contributed by atoms with E-state index in [2.05, 4.69) is 38.1 Å². The molecule has 7 nitrogen and oxygen atoms in total. The third-order valence-corrected chi connectivity index (χ3v) is 15.6. The number of unbranched alkanes of at least 4 members (excludes halogenated alkanes) is 45. The van der Waals surface area contributed by atoms with Crippen molar-refractivity contribution in [3.63, 3.8) is 0 Å². The number of hydrogen-bond acceptors (Lipinski definition) is 7. The van der Waals surface area contributed by atoms with Crippen molar-refractivity contribution in [3.8, 4) is 28.7 Å². The lowest BCUT2D eigenvalue weighted by Gasteiger charge is -2.19. The van der Waals surface area contributed by atoms with E-state index in [9.17, 15) is 5.21 Å². The van der Waals surface area contributed by atoms with Crippen molar-refractivity contribution in [1.29, 1.82) is 0 Å². The molecule has 0 saturated carbocycles. The SMILES string of the molecule is CCCCCCCCCCCCCCCCCCOc1cc(COc2cc(OC)ccc2/C=N/O)cc(OCCCCCCCCCCCCCCCCCC)c1OCCCCCCCCCCCCCCCCCC. The average molecular weight is 1060 g/mol. The van der Waals surface area contributed by atoms with Crippen LogP contribution < -0.4 is 23.7 Å². The van der Waals surface area contributed by atoms with Gasteiger partial charge in [0.2, 0.25) is 5.75 Å². The van der Waals surface area contributed by atoms with Gasteiger partial charge in [-0.15, -0.1) is 0 Å². The highest BCUT2D eigenvalue weighted by atomic mass is 16.5. The van der Waals surface area contributed by atoms with Crippen LogP contribution in [0.1, 0.15) is 340 Å². The van der Waals surface area contributed by atoms with E-state index in [0.29, 0.717) is 36.9 Å². The quantitative estimate of drug-likeness (QED) is 0.0308. The molecular weight excluding hydrogens is 939 g/mol. The van der Waals surface area contributed by atoms with Crippen LogP contribution in [0.4, 0.5) is 0 Å². The topological polar surface area (TPSA) is 78.7 Å². The highest BCUT2D eigenvalue weighted by Gasteiger charge is 2.18. The van der Waals surface area contributed by atoms with Crippen LogP contribution in [0.2, 0.25) is 0 Å². The molecule has 0 unspecified atom stereocenters. The molecule has 0 amide bonds. The normalized spacial score (nSPS) is 11.5. The summed E-state index contributed by atoms with van der Waals surface area (Å²) in [5.74, 6) is 3.46. The largest absolute Gasteiger partial charge is 0.497 e. The molecule has 2 aromatic carbocycles. The van der Waals surface area contributed by atoms with Crippen molar-refractivity contribution >= 4 is 6.21 Å². The Morgan fingerprint density at radius 1 is 0.342 bits per heavy atom. The Bertz CT molecular complexity index is 1500. The number of rotatable bonds is 59. The molecule has 2 aromatic rings. The summed E-state index contributed by atoms with van der Waals surface area (Å²) in [5, 5.41) is 12.7. The zero-order valence-electron chi connectivity index (χ0n) is 50.7. The summed E-state index contributed by atoms with van der Waals surface area (Å²) >= 11 is 0. The number of hydrogen-bond donors (Lipinski definition) is 1. The second-order valence-electron chi connectivity index (χ2n) is 22.8. The number of ether oxygens (including phenoxy) is 5. The minimum Gasteiger partial charge on any atom is -0.497 e. The Kier molecular flexibility index (Phi) is 48.9. The molecule has 0 aromatic heterocycles. The van der Waals surface area contributed by atoms with E-state index in [0.717, 1.165) is 42.1 Å². The Hall–Kier alpha value is -3.09. The van der Waals surface area contributed by atoms with Gasteiger partial charge in [-0.2, -0.15) is 0 Å². The highest BCUT2D eigenvalue weighted by molar-refractivity contribution is 5.83. The van der Waals surface area contributed by atoms with E-state index >= 15 is 0 Å². The van der Waals surface area contributed by atoms with Gasteiger partial charge in [-0.3, -0.25) is 0 Å². The minimum atomic E-state index is 0.281. The number of benzene rings is 2. The highest BCUT2D eigenvalue weighted by Crippen LogP contribution is 2.40. The fraction of sp³-hybridized carbons (Fsp3) is 0.812. The lowest BCUT2D eigenvalue weighted by atomic mass is 10.0. The van der Waals surface area contributed by atoms with E-state index < -0.39 is 0 Å². The van der Waals surface area contributed by atoms with Gasteiger partial charge < -0.3 is 28.9 Å². The molecule has 2 rings (SSSR count). The first-order valence-corrected chi connectivity index (χ1v) is 33.2. The Morgan fingerprint density at radius 3 is 0.921 bits per heavy atom. The zero-order valence-corrected chi connectivity index (χ0v) is 50.7. The van der Waals surface area contributed by atoms with Crippen LogP contribution in [0.15, 0.2) is 35.5 Å². The predicted molar refractivity (Wildman–Crippen MR) is 328 cm³/mol. The number of nitrogens with zero attached hydrogens (tertiary/aromatic N) is 1. The van der Waals surface area contributed by atoms with Crippen molar-refractivity contribution in [1.82, 2.24) is 0 Å². The summed E-state index contributed by atoms with van der Waals surface area (Å²) in [6, 6.07) is 9.66. The smallest absolute Gasteiger partial charge is 0.203 e. The molecule has 440 valence electrons. The van der Waals surface area contributed by atoms with Crippen LogP contribution >= 0.6 is 0 Å². The fourth-order valence-corrected chi connectivity index (χ4v) is 10.7. The van der Waals surface area contributed by atoms with Gasteiger partial charge in [0.25, 0.3) is 0 Å². The molecule has 0 bridgehead atoms. The maximum atomic E-state index is 9.39. The molecule has 0 saturated heterocycles. The van der Waals surface area contributed by atoms with Gasteiger partial charge in [0, 0.05) is 11.6 Å².